The van der Waals surface area contributed by atoms with Gasteiger partial charge in [0.25, 0.3) is 5.91 Å². The molecule has 0 aromatic heterocycles. The lowest BCUT2D eigenvalue weighted by molar-refractivity contribution is -0.124. The smallest absolute Gasteiger partial charge is 0.339 e. The van der Waals surface area contributed by atoms with E-state index in [-0.39, 0.29) is 29.4 Å². The van der Waals surface area contributed by atoms with Crippen molar-refractivity contribution < 1.29 is 19.1 Å². The van der Waals surface area contributed by atoms with Crippen LogP contribution in [0.4, 0.5) is 0 Å². The Hall–Kier alpha value is -2.95. The molecular formula is C20H21NO4. The zero-order valence-electron chi connectivity index (χ0n) is 14.3. The average molecular weight is 339 g/mol. The normalized spacial score (nSPS) is 10.4. The van der Waals surface area contributed by atoms with Crippen molar-refractivity contribution in [1.82, 2.24) is 5.32 Å². The fourth-order valence-electron chi connectivity index (χ4n) is 2.18. The topological polar surface area (TPSA) is 72.5 Å². The van der Waals surface area contributed by atoms with Crippen molar-refractivity contribution >= 4 is 17.7 Å². The van der Waals surface area contributed by atoms with E-state index in [1.807, 2.05) is 19.9 Å². The standard InChI is InChI=1S/C20H21NO4/c1-14(2)12-21-18(22)13-25-20(24)17-11-7-6-10-16(17)19(23)15-8-4-3-5-9-15/h3-11,14H,12-13H2,1-2H3,(H,21,22). The minimum absolute atomic E-state index is 0.146. The number of nitrogens with one attached hydrogen (secondary N) is 1. The van der Waals surface area contributed by atoms with E-state index in [1.54, 1.807) is 42.5 Å². The van der Waals surface area contributed by atoms with Crippen molar-refractivity contribution in [3.05, 3.63) is 71.3 Å². The summed E-state index contributed by atoms with van der Waals surface area (Å²) in [5, 5.41) is 2.67. The van der Waals surface area contributed by atoms with Gasteiger partial charge in [0.05, 0.1) is 5.56 Å². The summed E-state index contributed by atoms with van der Waals surface area (Å²) in [6, 6.07) is 15.1. The Morgan fingerprint density at radius 2 is 1.52 bits per heavy atom. The molecule has 5 nitrogen and oxygen atoms in total. The van der Waals surface area contributed by atoms with Crippen LogP contribution >= 0.6 is 0 Å². The molecule has 0 aliphatic rings. The van der Waals surface area contributed by atoms with Gasteiger partial charge in [0, 0.05) is 17.7 Å². The van der Waals surface area contributed by atoms with Gasteiger partial charge in [-0.3, -0.25) is 9.59 Å². The number of ketones is 1. The molecule has 1 N–H and O–H groups in total. The summed E-state index contributed by atoms with van der Waals surface area (Å²) in [5.74, 6) is -1.02. The molecule has 5 heteroatoms. The number of hydrogen-bond acceptors (Lipinski definition) is 4. The van der Waals surface area contributed by atoms with Crippen molar-refractivity contribution in [1.29, 1.82) is 0 Å². The molecule has 0 bridgehead atoms. The number of carbonyl (C=O) groups excluding carboxylic acids is 3. The van der Waals surface area contributed by atoms with E-state index in [0.717, 1.165) is 0 Å². The van der Waals surface area contributed by atoms with Crippen molar-refractivity contribution in [3.8, 4) is 0 Å². The van der Waals surface area contributed by atoms with Gasteiger partial charge in [-0.15, -0.1) is 0 Å². The second-order valence-corrected chi connectivity index (χ2v) is 6.01. The van der Waals surface area contributed by atoms with Gasteiger partial charge in [-0.05, 0) is 12.0 Å². The van der Waals surface area contributed by atoms with Crippen LogP contribution < -0.4 is 5.32 Å². The van der Waals surface area contributed by atoms with Gasteiger partial charge in [0.2, 0.25) is 0 Å². The molecule has 0 atom stereocenters. The third kappa shape index (κ3) is 5.28. The third-order valence-corrected chi connectivity index (χ3v) is 3.47. The van der Waals surface area contributed by atoms with E-state index < -0.39 is 5.97 Å². The number of esters is 1. The van der Waals surface area contributed by atoms with Gasteiger partial charge in [0.15, 0.2) is 12.4 Å². The second-order valence-electron chi connectivity index (χ2n) is 6.01. The Labute approximate surface area is 147 Å². The van der Waals surface area contributed by atoms with Crippen LogP contribution in [0.1, 0.15) is 40.1 Å². The molecule has 0 heterocycles. The predicted octanol–water partition coefficient (Wildman–Crippen LogP) is 2.85. The lowest BCUT2D eigenvalue weighted by Gasteiger charge is -2.10. The molecule has 0 radical (unpaired) electrons. The maximum atomic E-state index is 12.6. The van der Waals surface area contributed by atoms with Crippen LogP contribution in [-0.4, -0.2) is 30.8 Å². The Morgan fingerprint density at radius 1 is 0.920 bits per heavy atom. The third-order valence-electron chi connectivity index (χ3n) is 3.47. The van der Waals surface area contributed by atoms with Crippen LogP contribution in [0.2, 0.25) is 0 Å². The molecule has 0 saturated heterocycles. The number of hydrogen-bond donors (Lipinski definition) is 1. The van der Waals surface area contributed by atoms with E-state index in [9.17, 15) is 14.4 Å². The molecule has 25 heavy (non-hydrogen) atoms. The van der Waals surface area contributed by atoms with E-state index in [1.165, 1.54) is 6.07 Å². The first-order chi connectivity index (χ1) is 12.0. The van der Waals surface area contributed by atoms with Crippen LogP contribution in [0.3, 0.4) is 0 Å². The van der Waals surface area contributed by atoms with Gasteiger partial charge in [-0.1, -0.05) is 62.4 Å². The zero-order valence-corrected chi connectivity index (χ0v) is 14.3. The zero-order chi connectivity index (χ0) is 18.2. The molecule has 2 aromatic carbocycles. The van der Waals surface area contributed by atoms with Crippen LogP contribution in [0.5, 0.6) is 0 Å². The number of ether oxygens (including phenoxy) is 1. The minimum atomic E-state index is -0.695. The summed E-state index contributed by atoms with van der Waals surface area (Å²) in [5.41, 5.74) is 0.881. The number of amides is 1. The summed E-state index contributed by atoms with van der Waals surface area (Å²) >= 11 is 0. The molecule has 0 fully saturated rings. The summed E-state index contributed by atoms with van der Waals surface area (Å²) in [6.45, 7) is 4.08. The SMILES string of the molecule is CC(C)CNC(=O)COC(=O)c1ccccc1C(=O)c1ccccc1. The Balaban J connectivity index is 2.08. The van der Waals surface area contributed by atoms with Gasteiger partial charge in [-0.2, -0.15) is 0 Å². The van der Waals surface area contributed by atoms with Crippen LogP contribution in [0.25, 0.3) is 0 Å². The fraction of sp³-hybridized carbons (Fsp3) is 0.250. The van der Waals surface area contributed by atoms with E-state index in [0.29, 0.717) is 18.0 Å². The number of benzene rings is 2. The van der Waals surface area contributed by atoms with E-state index >= 15 is 0 Å². The number of carbonyl (C=O) groups is 3. The highest BCUT2D eigenvalue weighted by atomic mass is 16.5. The van der Waals surface area contributed by atoms with Gasteiger partial charge in [-0.25, -0.2) is 4.79 Å². The maximum absolute atomic E-state index is 12.6. The first-order valence-electron chi connectivity index (χ1n) is 8.11. The summed E-state index contributed by atoms with van der Waals surface area (Å²) < 4.78 is 5.05. The Morgan fingerprint density at radius 3 is 2.16 bits per heavy atom. The van der Waals surface area contributed by atoms with Crippen molar-refractivity contribution in [2.24, 2.45) is 5.92 Å². The molecule has 0 spiro atoms. The first kappa shape index (κ1) is 18.4. The largest absolute Gasteiger partial charge is 0.452 e. The molecule has 130 valence electrons. The predicted molar refractivity (Wildman–Crippen MR) is 94.4 cm³/mol. The highest BCUT2D eigenvalue weighted by molar-refractivity contribution is 6.14. The lowest BCUT2D eigenvalue weighted by Crippen LogP contribution is -2.31. The summed E-state index contributed by atoms with van der Waals surface area (Å²) in [4.78, 5) is 36.6. The van der Waals surface area contributed by atoms with Gasteiger partial charge >= 0.3 is 5.97 Å². The Bertz CT molecular complexity index is 753. The maximum Gasteiger partial charge on any atom is 0.339 e. The minimum Gasteiger partial charge on any atom is -0.452 e. The average Bonchev–Trinajstić information content (AvgIpc) is 2.64. The van der Waals surface area contributed by atoms with Crippen molar-refractivity contribution in [3.63, 3.8) is 0 Å². The van der Waals surface area contributed by atoms with Crippen molar-refractivity contribution in [2.75, 3.05) is 13.2 Å². The molecule has 0 unspecified atom stereocenters. The highest BCUT2D eigenvalue weighted by Crippen LogP contribution is 2.15. The number of rotatable bonds is 7. The quantitative estimate of drug-likeness (QED) is 0.622. The highest BCUT2D eigenvalue weighted by Gasteiger charge is 2.19. The molecule has 2 rings (SSSR count). The molecular weight excluding hydrogens is 318 g/mol. The van der Waals surface area contributed by atoms with Gasteiger partial charge in [0.1, 0.15) is 0 Å². The van der Waals surface area contributed by atoms with E-state index in [4.69, 9.17) is 4.74 Å². The van der Waals surface area contributed by atoms with E-state index in [2.05, 4.69) is 5.32 Å². The molecule has 0 aliphatic carbocycles. The summed E-state index contributed by atoms with van der Waals surface area (Å²) in [6.07, 6.45) is 0. The Kier molecular flexibility index (Phi) is 6.46. The van der Waals surface area contributed by atoms with Gasteiger partial charge < -0.3 is 10.1 Å². The molecule has 2 aromatic rings. The van der Waals surface area contributed by atoms with Crippen molar-refractivity contribution in [2.45, 2.75) is 13.8 Å². The monoisotopic (exact) mass is 339 g/mol. The van der Waals surface area contributed by atoms with Crippen LogP contribution in [0, 0.1) is 5.92 Å². The second kappa shape index (κ2) is 8.78. The summed E-state index contributed by atoms with van der Waals surface area (Å²) in [7, 11) is 0. The first-order valence-corrected chi connectivity index (χ1v) is 8.11. The fourth-order valence-corrected chi connectivity index (χ4v) is 2.18. The van der Waals surface area contributed by atoms with Crippen LogP contribution in [0.15, 0.2) is 54.6 Å². The molecule has 0 saturated carbocycles. The molecule has 1 amide bonds. The van der Waals surface area contributed by atoms with Crippen LogP contribution in [-0.2, 0) is 9.53 Å². The molecule has 0 aliphatic heterocycles. The lowest BCUT2D eigenvalue weighted by atomic mass is 9.98.